The molecule has 3 aromatic rings. The van der Waals surface area contributed by atoms with Crippen molar-refractivity contribution in [1.82, 2.24) is 30.0 Å². The van der Waals surface area contributed by atoms with Crippen molar-refractivity contribution in [1.29, 1.82) is 0 Å². The molecule has 0 saturated heterocycles. The van der Waals surface area contributed by atoms with E-state index in [1.807, 2.05) is 6.92 Å². The van der Waals surface area contributed by atoms with Crippen molar-refractivity contribution < 1.29 is 9.59 Å². The molecule has 4 heterocycles. The number of nitrogens with one attached hydrogen (secondary N) is 2. The number of anilines is 2. The Bertz CT molecular complexity index is 1250. The third-order valence-corrected chi connectivity index (χ3v) is 5.91. The van der Waals surface area contributed by atoms with Gasteiger partial charge in [0.05, 0.1) is 10.9 Å². The molecule has 160 valence electrons. The number of pyridine rings is 1. The van der Waals surface area contributed by atoms with Crippen LogP contribution in [0.1, 0.15) is 38.7 Å². The summed E-state index contributed by atoms with van der Waals surface area (Å²) in [4.78, 5) is 39.0. The molecule has 0 aromatic carbocycles. The Balaban J connectivity index is 1.63. The Labute approximate surface area is 182 Å². The highest BCUT2D eigenvalue weighted by atomic mass is 35.5. The molecular formula is C20H21ClN8O2. The van der Waals surface area contributed by atoms with Crippen molar-refractivity contribution >= 4 is 46.1 Å². The summed E-state index contributed by atoms with van der Waals surface area (Å²) in [5.41, 5.74) is 6.17. The third kappa shape index (κ3) is 3.01. The molecule has 4 N–H and O–H groups in total. The lowest BCUT2D eigenvalue weighted by atomic mass is 9.83. The highest BCUT2D eigenvalue weighted by Gasteiger charge is 2.53. The van der Waals surface area contributed by atoms with Gasteiger partial charge in [-0.15, -0.1) is 0 Å². The number of nitrogens with zero attached hydrogens (tertiary/aromatic N) is 5. The number of aromatic nitrogens is 5. The molecule has 10 nitrogen and oxygen atoms in total. The van der Waals surface area contributed by atoms with Gasteiger partial charge in [-0.2, -0.15) is 5.10 Å². The van der Waals surface area contributed by atoms with Crippen LogP contribution in [-0.2, 0) is 21.5 Å². The lowest BCUT2D eigenvalue weighted by Gasteiger charge is -2.21. The second-order valence-corrected chi connectivity index (χ2v) is 8.45. The first-order valence-electron chi connectivity index (χ1n) is 10.2. The van der Waals surface area contributed by atoms with Crippen LogP contribution in [0.25, 0.3) is 22.6 Å². The summed E-state index contributed by atoms with van der Waals surface area (Å²) < 4.78 is 1.75. The molecule has 31 heavy (non-hydrogen) atoms. The van der Waals surface area contributed by atoms with Gasteiger partial charge in [0.25, 0.3) is 0 Å². The van der Waals surface area contributed by atoms with Gasteiger partial charge in [-0.1, -0.05) is 18.5 Å². The maximum atomic E-state index is 12.9. The number of nitrogens with two attached hydrogens (primary N) is 1. The lowest BCUT2D eigenvalue weighted by molar-refractivity contribution is -0.133. The summed E-state index contributed by atoms with van der Waals surface area (Å²) in [5, 5.41) is 11.3. The van der Waals surface area contributed by atoms with E-state index in [9.17, 15) is 9.59 Å². The molecule has 1 atom stereocenters. The fourth-order valence-corrected chi connectivity index (χ4v) is 3.99. The van der Waals surface area contributed by atoms with Gasteiger partial charge < -0.3 is 16.4 Å². The summed E-state index contributed by atoms with van der Waals surface area (Å²) in [6.45, 7) is 4.22. The normalized spacial score (nSPS) is 20.0. The van der Waals surface area contributed by atoms with Gasteiger partial charge in [0.2, 0.25) is 11.8 Å². The summed E-state index contributed by atoms with van der Waals surface area (Å²) in [6.07, 6.45) is 2.67. The first-order valence-corrected chi connectivity index (χ1v) is 10.5. The van der Waals surface area contributed by atoms with E-state index in [0.29, 0.717) is 23.0 Å². The first kappa shape index (κ1) is 19.7. The molecule has 2 amide bonds. The second-order valence-electron chi connectivity index (χ2n) is 8.06. The predicted octanol–water partition coefficient (Wildman–Crippen LogP) is 2.02. The Morgan fingerprint density at radius 1 is 1.35 bits per heavy atom. The zero-order valence-electron chi connectivity index (χ0n) is 17.1. The number of hydrogen-bond acceptors (Lipinski definition) is 7. The van der Waals surface area contributed by atoms with E-state index in [0.717, 1.165) is 24.6 Å². The van der Waals surface area contributed by atoms with Gasteiger partial charge in [0.15, 0.2) is 16.9 Å². The average Bonchev–Trinajstić information content (AvgIpc) is 3.41. The van der Waals surface area contributed by atoms with Crippen molar-refractivity contribution in [2.75, 3.05) is 11.1 Å². The highest BCUT2D eigenvalue weighted by Crippen LogP contribution is 2.42. The maximum Gasteiger partial charge on any atom is 0.245 e. The summed E-state index contributed by atoms with van der Waals surface area (Å²) >= 11 is 6.08. The Hall–Kier alpha value is -3.27. The number of hydrogen-bond donors (Lipinski definition) is 3. The van der Waals surface area contributed by atoms with Crippen LogP contribution < -0.4 is 16.4 Å². The molecule has 1 saturated carbocycles. The third-order valence-electron chi connectivity index (χ3n) is 5.70. The minimum Gasteiger partial charge on any atom is -0.383 e. The Morgan fingerprint density at radius 2 is 2.13 bits per heavy atom. The highest BCUT2D eigenvalue weighted by molar-refractivity contribution is 6.29. The van der Waals surface area contributed by atoms with E-state index >= 15 is 0 Å². The van der Waals surface area contributed by atoms with Crippen molar-refractivity contribution in [2.24, 2.45) is 0 Å². The Kier molecular flexibility index (Phi) is 4.37. The maximum absolute atomic E-state index is 12.9. The molecule has 0 bridgehead atoms. The van der Waals surface area contributed by atoms with Crippen LogP contribution in [0.3, 0.4) is 0 Å². The SMILES string of the molecule is CCCn1nc(-c2nc(N)c3c(n2)NC(=O)C3(C)C(=O)NC2CC2)c2ccc(Cl)nc21. The van der Waals surface area contributed by atoms with Gasteiger partial charge in [-0.05, 0) is 38.3 Å². The molecule has 5 rings (SSSR count). The predicted molar refractivity (Wildman–Crippen MR) is 115 cm³/mol. The van der Waals surface area contributed by atoms with Gasteiger partial charge in [-0.25, -0.2) is 19.6 Å². The standard InChI is InChI=1S/C20H21ClN8O2/c1-3-8-29-17-10(6-7-11(21)24-17)13(28-29)16-25-14(22)12-15(26-16)27-19(31)20(12,2)18(30)23-9-4-5-9/h6-7,9H,3-5,8H2,1-2H3,(H,23,30)(H3,22,25,26,27,31). The van der Waals surface area contributed by atoms with Gasteiger partial charge in [0.1, 0.15) is 22.5 Å². The molecular weight excluding hydrogens is 420 g/mol. The van der Waals surface area contributed by atoms with E-state index < -0.39 is 17.2 Å². The van der Waals surface area contributed by atoms with Crippen LogP contribution in [0.2, 0.25) is 5.15 Å². The fourth-order valence-electron chi connectivity index (χ4n) is 3.85. The molecule has 1 aliphatic carbocycles. The van der Waals surface area contributed by atoms with Crippen molar-refractivity contribution in [3.8, 4) is 11.5 Å². The molecule has 1 aliphatic heterocycles. The van der Waals surface area contributed by atoms with Gasteiger partial charge >= 0.3 is 0 Å². The molecule has 0 radical (unpaired) electrons. The van der Waals surface area contributed by atoms with Crippen molar-refractivity contribution in [3.05, 3.63) is 22.8 Å². The number of carbonyl (C=O) groups is 2. The molecule has 0 spiro atoms. The number of rotatable bonds is 5. The molecule has 1 fully saturated rings. The topological polar surface area (TPSA) is 141 Å². The quantitative estimate of drug-likeness (QED) is 0.407. The van der Waals surface area contributed by atoms with Crippen LogP contribution in [0.5, 0.6) is 0 Å². The largest absolute Gasteiger partial charge is 0.383 e. The molecule has 1 unspecified atom stereocenters. The number of fused-ring (bicyclic) bond motifs is 2. The minimum absolute atomic E-state index is 0.0620. The van der Waals surface area contributed by atoms with Crippen molar-refractivity contribution in [2.45, 2.75) is 51.1 Å². The summed E-state index contributed by atoms with van der Waals surface area (Å²) in [5.74, 6) is -0.347. The van der Waals surface area contributed by atoms with Crippen LogP contribution in [0.4, 0.5) is 11.6 Å². The molecule has 2 aliphatic rings. The number of nitrogen functional groups attached to an aromatic ring is 1. The zero-order chi connectivity index (χ0) is 21.9. The molecule has 3 aromatic heterocycles. The van der Waals surface area contributed by atoms with Gasteiger partial charge in [-0.3, -0.25) is 9.59 Å². The summed E-state index contributed by atoms with van der Waals surface area (Å²) in [7, 11) is 0. The Morgan fingerprint density at radius 3 is 2.84 bits per heavy atom. The van der Waals surface area contributed by atoms with E-state index in [-0.39, 0.29) is 29.1 Å². The smallest absolute Gasteiger partial charge is 0.245 e. The van der Waals surface area contributed by atoms with E-state index in [1.54, 1.807) is 23.7 Å². The van der Waals surface area contributed by atoms with E-state index in [2.05, 4.69) is 30.7 Å². The number of carbonyl (C=O) groups excluding carboxylic acids is 2. The monoisotopic (exact) mass is 440 g/mol. The van der Waals surface area contributed by atoms with E-state index in [1.165, 1.54) is 0 Å². The number of amides is 2. The molecule has 11 heteroatoms. The van der Waals surface area contributed by atoms with Crippen LogP contribution in [0.15, 0.2) is 12.1 Å². The number of aryl methyl sites for hydroxylation is 1. The minimum atomic E-state index is -1.49. The first-order chi connectivity index (χ1) is 14.8. The van der Waals surface area contributed by atoms with Crippen molar-refractivity contribution in [3.63, 3.8) is 0 Å². The fraction of sp³-hybridized carbons (Fsp3) is 0.400. The second kappa shape index (κ2) is 6.88. The van der Waals surface area contributed by atoms with E-state index in [4.69, 9.17) is 17.3 Å². The van der Waals surface area contributed by atoms with Crippen LogP contribution in [-0.4, -0.2) is 42.6 Å². The summed E-state index contributed by atoms with van der Waals surface area (Å²) in [6, 6.07) is 3.58. The van der Waals surface area contributed by atoms with Crippen LogP contribution in [0, 0.1) is 0 Å². The van der Waals surface area contributed by atoms with Crippen LogP contribution >= 0.6 is 11.6 Å². The van der Waals surface area contributed by atoms with Gasteiger partial charge in [0, 0.05) is 12.6 Å². The number of halogens is 1. The average molecular weight is 441 g/mol. The lowest BCUT2D eigenvalue weighted by Crippen LogP contribution is -2.48. The zero-order valence-corrected chi connectivity index (χ0v) is 17.8.